The van der Waals surface area contributed by atoms with Gasteiger partial charge < -0.3 is 19.3 Å². The van der Waals surface area contributed by atoms with E-state index in [0.29, 0.717) is 19.3 Å². The van der Waals surface area contributed by atoms with Gasteiger partial charge in [-0.05, 0) is 41.5 Å². The molecule has 1 saturated carbocycles. The molecule has 4 aliphatic rings. The van der Waals surface area contributed by atoms with Crippen LogP contribution in [0.4, 0.5) is 13.2 Å². The van der Waals surface area contributed by atoms with Crippen molar-refractivity contribution in [1.29, 1.82) is 0 Å². The highest BCUT2D eigenvalue weighted by atomic mass is 19.4. The van der Waals surface area contributed by atoms with Crippen LogP contribution < -0.4 is 0 Å². The number of nitrogens with zero attached hydrogens (tertiary/aromatic N) is 1. The predicted octanol–water partition coefficient (Wildman–Crippen LogP) is 5.91. The highest BCUT2D eigenvalue weighted by molar-refractivity contribution is 5.81. The van der Waals surface area contributed by atoms with Gasteiger partial charge in [-0.15, -0.1) is 4.91 Å². The van der Waals surface area contributed by atoms with Crippen LogP contribution in [0.15, 0.2) is 78.0 Å². The normalized spacial score (nSPS) is 33.9. The average Bonchev–Trinajstić information content (AvgIpc) is 3.52. The highest BCUT2D eigenvalue weighted by Crippen LogP contribution is 2.46. The van der Waals surface area contributed by atoms with Crippen LogP contribution in [0, 0.1) is 28.6 Å². The fraction of sp³-hybridized carbons (Fsp3) is 0.516. The van der Waals surface area contributed by atoms with Crippen molar-refractivity contribution < 1.29 is 37.3 Å². The van der Waals surface area contributed by atoms with E-state index in [2.05, 4.69) is 5.18 Å². The standard InChI is InChI=1S/C31H34F3NO6/c32-31(33,34)22-7-4-8-24(15-22)39-18-23(36)13-14-25-26-16-29(35-38)40-28(26)17-27(25)41-30(37)21-11-9-20(10-12-21)19-5-2-1-3-6-19/h1-6,8-11,13-14,21-29,36H,7,12,15-18H2/b14-13+/t21?,22?,23-,24?,25-,26-,27?,28+,29?/m1/s1. The SMILES string of the molecule is O=NC1C[C@H]2[C@H](CC(OC(=O)C3C=CC(c4ccccc4)=CC3)[C@@H]2/C=C/[C@@H](O)COC2C=CCC(C(F)(F)F)C2)O1. The van der Waals surface area contributed by atoms with E-state index in [1.165, 1.54) is 12.2 Å². The fourth-order valence-corrected chi connectivity index (χ4v) is 6.15. The number of nitroso groups, excluding NO2 is 1. The first kappa shape index (κ1) is 29.4. The molecule has 0 spiro atoms. The number of ether oxygens (including phenoxy) is 3. The molecule has 9 atom stereocenters. The molecule has 41 heavy (non-hydrogen) atoms. The van der Waals surface area contributed by atoms with E-state index in [1.54, 1.807) is 12.2 Å². The Hall–Kier alpha value is -3.08. The average molecular weight is 574 g/mol. The van der Waals surface area contributed by atoms with Gasteiger partial charge in [0, 0.05) is 18.8 Å². The summed E-state index contributed by atoms with van der Waals surface area (Å²) in [7, 11) is 0. The summed E-state index contributed by atoms with van der Waals surface area (Å²) < 4.78 is 56.5. The summed E-state index contributed by atoms with van der Waals surface area (Å²) >= 11 is 0. The molecule has 0 radical (unpaired) electrons. The molecule has 2 fully saturated rings. The number of benzene rings is 1. The zero-order valence-electron chi connectivity index (χ0n) is 22.4. The first-order valence-corrected chi connectivity index (χ1v) is 14.0. The predicted molar refractivity (Wildman–Crippen MR) is 145 cm³/mol. The number of hydrogen-bond acceptors (Lipinski definition) is 7. The molecule has 3 aliphatic carbocycles. The lowest BCUT2D eigenvalue weighted by Crippen LogP contribution is -2.31. The Morgan fingerprint density at radius 1 is 1.15 bits per heavy atom. The van der Waals surface area contributed by atoms with Gasteiger partial charge in [0.25, 0.3) is 0 Å². The zero-order valence-corrected chi connectivity index (χ0v) is 22.4. The van der Waals surface area contributed by atoms with Crippen LogP contribution >= 0.6 is 0 Å². The Labute approximate surface area is 236 Å². The van der Waals surface area contributed by atoms with Crippen LogP contribution in [0.2, 0.25) is 0 Å². The number of alkyl halides is 3. The Morgan fingerprint density at radius 3 is 2.66 bits per heavy atom. The molecule has 1 aliphatic heterocycles. The van der Waals surface area contributed by atoms with Gasteiger partial charge in [-0.2, -0.15) is 13.2 Å². The van der Waals surface area contributed by atoms with Gasteiger partial charge in [-0.3, -0.25) is 4.79 Å². The summed E-state index contributed by atoms with van der Waals surface area (Å²) in [6.45, 7) is -0.181. The van der Waals surface area contributed by atoms with Crippen LogP contribution in [-0.2, 0) is 19.0 Å². The molecule has 1 N–H and O–H groups in total. The molecule has 1 heterocycles. The van der Waals surface area contributed by atoms with Crippen molar-refractivity contribution in [2.24, 2.45) is 28.8 Å². The van der Waals surface area contributed by atoms with Crippen LogP contribution in [0.25, 0.3) is 5.57 Å². The Morgan fingerprint density at radius 2 is 1.95 bits per heavy atom. The van der Waals surface area contributed by atoms with Gasteiger partial charge in [0.2, 0.25) is 0 Å². The molecule has 5 rings (SSSR count). The van der Waals surface area contributed by atoms with Crippen LogP contribution in [0.3, 0.4) is 0 Å². The number of rotatable bonds is 9. The number of carbonyl (C=O) groups is 1. The minimum atomic E-state index is -4.29. The second-order valence-corrected chi connectivity index (χ2v) is 11.1. The van der Waals surface area contributed by atoms with Crippen molar-refractivity contribution in [2.75, 3.05) is 6.61 Å². The van der Waals surface area contributed by atoms with Crippen molar-refractivity contribution in [2.45, 2.75) is 68.9 Å². The van der Waals surface area contributed by atoms with E-state index in [4.69, 9.17) is 14.2 Å². The molecule has 5 unspecified atom stereocenters. The number of allylic oxidation sites excluding steroid dienone is 4. The molecule has 7 nitrogen and oxygen atoms in total. The van der Waals surface area contributed by atoms with E-state index in [0.717, 1.165) is 11.1 Å². The quantitative estimate of drug-likeness (QED) is 0.224. The lowest BCUT2D eigenvalue weighted by molar-refractivity contribution is -0.183. The van der Waals surface area contributed by atoms with Crippen LogP contribution in [-0.4, -0.2) is 54.5 Å². The summed E-state index contributed by atoms with van der Waals surface area (Å²) in [5.74, 6) is -2.69. The molecule has 1 aromatic carbocycles. The van der Waals surface area contributed by atoms with Gasteiger partial charge in [0.1, 0.15) is 6.10 Å². The number of esters is 1. The van der Waals surface area contributed by atoms with Gasteiger partial charge in [-0.1, -0.05) is 72.9 Å². The molecule has 0 aromatic heterocycles. The third-order valence-corrected chi connectivity index (χ3v) is 8.35. The second kappa shape index (κ2) is 12.8. The molecule has 10 heteroatoms. The van der Waals surface area contributed by atoms with Crippen molar-refractivity contribution >= 4 is 11.5 Å². The topological polar surface area (TPSA) is 94.4 Å². The second-order valence-electron chi connectivity index (χ2n) is 11.1. The molecule has 220 valence electrons. The summed E-state index contributed by atoms with van der Waals surface area (Å²) in [5.41, 5.74) is 2.11. The number of fused-ring (bicyclic) bond motifs is 1. The number of halogens is 3. The first-order chi connectivity index (χ1) is 19.7. The van der Waals surface area contributed by atoms with Crippen LogP contribution in [0.5, 0.6) is 0 Å². The van der Waals surface area contributed by atoms with E-state index in [-0.39, 0.29) is 43.4 Å². The summed E-state index contributed by atoms with van der Waals surface area (Å²) in [6.07, 6.45) is 5.43. The Balaban J connectivity index is 1.18. The van der Waals surface area contributed by atoms with Gasteiger partial charge in [0.15, 0.2) is 6.23 Å². The highest BCUT2D eigenvalue weighted by Gasteiger charge is 2.51. The smallest absolute Gasteiger partial charge is 0.392 e. The monoisotopic (exact) mass is 573 g/mol. The van der Waals surface area contributed by atoms with Crippen molar-refractivity contribution in [3.8, 4) is 0 Å². The van der Waals surface area contributed by atoms with Crippen molar-refractivity contribution in [3.05, 3.63) is 83.3 Å². The van der Waals surface area contributed by atoms with Crippen molar-refractivity contribution in [3.63, 3.8) is 0 Å². The van der Waals surface area contributed by atoms with Gasteiger partial charge in [-0.25, -0.2) is 0 Å². The lowest BCUT2D eigenvalue weighted by Gasteiger charge is -2.27. The molecular formula is C31H34F3NO6. The van der Waals surface area contributed by atoms with E-state index in [1.807, 2.05) is 48.6 Å². The Bertz CT molecular complexity index is 1200. The summed E-state index contributed by atoms with van der Waals surface area (Å²) in [4.78, 5) is 24.2. The minimum absolute atomic E-state index is 0.0734. The maximum absolute atomic E-state index is 13.1. The summed E-state index contributed by atoms with van der Waals surface area (Å²) in [6, 6.07) is 9.88. The maximum Gasteiger partial charge on any atom is 0.392 e. The first-order valence-electron chi connectivity index (χ1n) is 14.0. The lowest BCUT2D eigenvalue weighted by atomic mass is 9.90. The number of aliphatic hydroxyl groups is 1. The van der Waals surface area contributed by atoms with Crippen molar-refractivity contribution in [1.82, 2.24) is 0 Å². The molecular weight excluding hydrogens is 539 g/mol. The van der Waals surface area contributed by atoms with Crippen LogP contribution in [0.1, 0.15) is 37.7 Å². The van der Waals surface area contributed by atoms with E-state index < -0.39 is 42.6 Å². The number of hydrogen-bond donors (Lipinski definition) is 1. The summed E-state index contributed by atoms with van der Waals surface area (Å²) in [5, 5.41) is 13.5. The molecule has 0 bridgehead atoms. The van der Waals surface area contributed by atoms with E-state index >= 15 is 0 Å². The molecule has 1 aromatic rings. The number of aliphatic hydroxyl groups excluding tert-OH is 1. The van der Waals surface area contributed by atoms with Gasteiger partial charge in [0.05, 0.1) is 36.8 Å². The Kier molecular flexibility index (Phi) is 9.21. The largest absolute Gasteiger partial charge is 0.461 e. The fourth-order valence-electron chi connectivity index (χ4n) is 6.15. The maximum atomic E-state index is 13.1. The molecule has 0 amide bonds. The molecule has 1 saturated heterocycles. The van der Waals surface area contributed by atoms with Gasteiger partial charge >= 0.3 is 12.1 Å². The van der Waals surface area contributed by atoms with E-state index in [9.17, 15) is 28.0 Å². The third kappa shape index (κ3) is 7.23. The number of carbonyl (C=O) groups excluding carboxylic acids is 1. The minimum Gasteiger partial charge on any atom is -0.461 e. The third-order valence-electron chi connectivity index (χ3n) is 8.35. The zero-order chi connectivity index (χ0) is 29.0.